The van der Waals surface area contributed by atoms with E-state index >= 15 is 9.59 Å². The highest BCUT2D eigenvalue weighted by Crippen LogP contribution is 2.61. The largest absolute Gasteiger partial charge is 0.455 e. The number of nitrogens with one attached hydrogen (secondary N) is 1. The number of halogens is 1. The molecule has 3 saturated heterocycles. The Hall–Kier alpha value is -4.00. The summed E-state index contributed by atoms with van der Waals surface area (Å²) in [5, 5.41) is 13.8. The summed E-state index contributed by atoms with van der Waals surface area (Å²) in [5.74, 6) is -3.92. The Bertz CT molecular complexity index is 1690. The van der Waals surface area contributed by atoms with E-state index in [2.05, 4.69) is 53.2 Å². The molecule has 2 bridgehead atoms. The number of rotatable bonds is 19. The zero-order valence-electron chi connectivity index (χ0n) is 32.7. The number of likely N-dealkylation sites (tertiary alicyclic amines) is 1. The Balaban J connectivity index is 1.55. The van der Waals surface area contributed by atoms with Gasteiger partial charge in [0.1, 0.15) is 17.7 Å². The molecule has 12 heteroatoms. The minimum Gasteiger partial charge on any atom is -0.455 e. The fourth-order valence-corrected chi connectivity index (χ4v) is 9.70. The molecule has 3 amide bonds. The van der Waals surface area contributed by atoms with E-state index in [1.807, 2.05) is 68.4 Å². The lowest BCUT2D eigenvalue weighted by Crippen LogP contribution is -2.60. The molecule has 3 heterocycles. The minimum atomic E-state index is -1.38. The molecule has 0 aromatic heterocycles. The number of fused-ring (bicyclic) bond motifs is 1. The Kier molecular flexibility index (Phi) is 14.0. The third-order valence-electron chi connectivity index (χ3n) is 11.7. The molecule has 55 heavy (non-hydrogen) atoms. The summed E-state index contributed by atoms with van der Waals surface area (Å²) in [6, 6.07) is 14.5. The monoisotopic (exact) mass is 820 g/mol. The smallest absolute Gasteiger partial charge is 0.313 e. The third-order valence-corrected chi connectivity index (χ3v) is 12.6. The van der Waals surface area contributed by atoms with Crippen molar-refractivity contribution in [3.05, 3.63) is 85.5 Å². The number of aliphatic hydroxyl groups is 1. The van der Waals surface area contributed by atoms with Gasteiger partial charge in [-0.2, -0.15) is 0 Å². The van der Waals surface area contributed by atoms with E-state index in [-0.39, 0.29) is 42.1 Å². The number of hydrogen-bond acceptors (Lipinski definition) is 8. The number of carbonyl (C=O) groups is 4. The molecule has 5 rings (SSSR count). The standard InChI is InChI=1S/C43H57BrN4O7/c1-8-13-19-34(50)45-28(7)37(29-17-15-14-16-18-29)54-42(53)35-36-40(51)48(33(26-49)27(6)10-3)39(43(36)25-32(44)38(35)55-43)41(52)47(24-9-2)31-22-20-30(21-23-31)46(11-4)12-5/h8-9,14-18,20-23,27-28,32-33,35-39,49H,1-2,10-13,19,24-26H2,3-7H3,(H,45,50)/t27-,28-,32?,33-,35+,36-,37-,38+,39+,43-/m0/s1. The molecule has 0 radical (unpaired) electrons. The van der Waals surface area contributed by atoms with Gasteiger partial charge in [-0.15, -0.1) is 13.2 Å². The van der Waals surface area contributed by atoms with Gasteiger partial charge >= 0.3 is 5.97 Å². The Labute approximate surface area is 334 Å². The molecule has 3 aliphatic rings. The maximum absolute atomic E-state index is 15.2. The summed E-state index contributed by atoms with van der Waals surface area (Å²) < 4.78 is 13.1. The van der Waals surface area contributed by atoms with Gasteiger partial charge in [0.05, 0.1) is 36.6 Å². The molecule has 11 nitrogen and oxygen atoms in total. The summed E-state index contributed by atoms with van der Waals surface area (Å²) in [6.45, 7) is 19.0. The van der Waals surface area contributed by atoms with Gasteiger partial charge in [-0.05, 0) is 69.4 Å². The van der Waals surface area contributed by atoms with Crippen LogP contribution in [-0.4, -0.2) is 94.6 Å². The van der Waals surface area contributed by atoms with Gasteiger partial charge in [-0.3, -0.25) is 19.2 Å². The molecule has 10 atom stereocenters. The zero-order valence-corrected chi connectivity index (χ0v) is 34.3. The van der Waals surface area contributed by atoms with E-state index in [9.17, 15) is 14.7 Å². The minimum absolute atomic E-state index is 0.164. The topological polar surface area (TPSA) is 129 Å². The predicted octanol–water partition coefficient (Wildman–Crippen LogP) is 5.96. The summed E-state index contributed by atoms with van der Waals surface area (Å²) in [5.41, 5.74) is 0.947. The van der Waals surface area contributed by atoms with E-state index in [1.165, 1.54) is 4.90 Å². The van der Waals surface area contributed by atoms with Gasteiger partial charge in [0.2, 0.25) is 11.8 Å². The van der Waals surface area contributed by atoms with Gasteiger partial charge in [-0.25, -0.2) is 0 Å². The molecule has 2 aromatic rings. The highest BCUT2D eigenvalue weighted by molar-refractivity contribution is 9.09. The number of nitrogens with zero attached hydrogens (tertiary/aromatic N) is 3. The van der Waals surface area contributed by atoms with E-state index < -0.39 is 59.6 Å². The van der Waals surface area contributed by atoms with Crippen molar-refractivity contribution in [3.63, 3.8) is 0 Å². The lowest BCUT2D eigenvalue weighted by Gasteiger charge is -2.41. The SMILES string of the molecule is C=CCCC(=O)N[C@@H](C)[C@H](OC(=O)[C@H]1[C@@H]2O[C@@]3(CC2Br)[C@@H]1C(=O)N([C@@H](CO)[C@@H](C)CC)[C@@H]3C(=O)N(CC=C)c1ccc(N(CC)CC)cc1)c1ccccc1. The number of ether oxygens (including phenoxy) is 2. The summed E-state index contributed by atoms with van der Waals surface area (Å²) in [4.78, 5) is 62.6. The maximum Gasteiger partial charge on any atom is 0.313 e. The molecule has 3 aliphatic heterocycles. The lowest BCUT2D eigenvalue weighted by atomic mass is 9.70. The fourth-order valence-electron chi connectivity index (χ4n) is 8.76. The van der Waals surface area contributed by atoms with Crippen LogP contribution in [0, 0.1) is 17.8 Å². The number of hydrogen-bond donors (Lipinski definition) is 2. The van der Waals surface area contributed by atoms with Crippen molar-refractivity contribution in [1.82, 2.24) is 10.2 Å². The summed E-state index contributed by atoms with van der Waals surface area (Å²) in [7, 11) is 0. The second-order valence-electron chi connectivity index (χ2n) is 14.9. The van der Waals surface area contributed by atoms with E-state index in [0.29, 0.717) is 30.5 Å². The van der Waals surface area contributed by atoms with Crippen molar-refractivity contribution in [2.24, 2.45) is 17.8 Å². The number of allylic oxidation sites excluding steroid dienone is 1. The van der Waals surface area contributed by atoms with Crippen LogP contribution in [0.1, 0.15) is 72.0 Å². The van der Waals surface area contributed by atoms with Crippen LogP contribution in [-0.2, 0) is 28.7 Å². The predicted molar refractivity (Wildman–Crippen MR) is 218 cm³/mol. The highest BCUT2D eigenvalue weighted by atomic mass is 79.9. The third kappa shape index (κ3) is 8.14. The van der Waals surface area contributed by atoms with Crippen molar-refractivity contribution in [2.45, 2.75) is 101 Å². The first-order chi connectivity index (χ1) is 26.4. The van der Waals surface area contributed by atoms with Crippen LogP contribution in [0.2, 0.25) is 0 Å². The van der Waals surface area contributed by atoms with E-state index in [0.717, 1.165) is 18.8 Å². The number of aliphatic hydroxyl groups excluding tert-OH is 1. The summed E-state index contributed by atoms with van der Waals surface area (Å²) >= 11 is 3.77. The van der Waals surface area contributed by atoms with E-state index in [1.54, 1.807) is 24.0 Å². The molecule has 0 aliphatic carbocycles. The van der Waals surface area contributed by atoms with E-state index in [4.69, 9.17) is 9.47 Å². The quantitative estimate of drug-likeness (QED) is 0.101. The Morgan fingerprint density at radius 2 is 1.71 bits per heavy atom. The molecule has 1 unspecified atom stereocenters. The van der Waals surface area contributed by atoms with Crippen LogP contribution < -0.4 is 15.1 Å². The first-order valence-corrected chi connectivity index (χ1v) is 20.5. The van der Waals surface area contributed by atoms with Crippen molar-refractivity contribution >= 4 is 51.0 Å². The first-order valence-electron chi connectivity index (χ1n) is 19.6. The van der Waals surface area contributed by atoms with Crippen LogP contribution in [0.3, 0.4) is 0 Å². The molecule has 0 saturated carbocycles. The maximum atomic E-state index is 15.2. The number of carbonyl (C=O) groups excluding carboxylic acids is 4. The van der Waals surface area contributed by atoms with Crippen molar-refractivity contribution < 1.29 is 33.8 Å². The molecule has 298 valence electrons. The van der Waals surface area contributed by atoms with Gasteiger partial charge in [0.25, 0.3) is 5.91 Å². The van der Waals surface area contributed by atoms with Gasteiger partial charge in [0.15, 0.2) is 0 Å². The lowest BCUT2D eigenvalue weighted by molar-refractivity contribution is -0.162. The second kappa shape index (κ2) is 18.3. The number of amides is 3. The average Bonchev–Trinajstić information content (AvgIpc) is 3.79. The fraction of sp³-hybridized carbons (Fsp3) is 0.535. The van der Waals surface area contributed by atoms with Gasteiger partial charge in [0, 0.05) is 42.3 Å². The van der Waals surface area contributed by atoms with Crippen molar-refractivity contribution in [2.75, 3.05) is 36.0 Å². The molecule has 2 N–H and O–H groups in total. The number of anilines is 2. The number of esters is 1. The van der Waals surface area contributed by atoms with Crippen molar-refractivity contribution in [1.29, 1.82) is 0 Å². The summed E-state index contributed by atoms with van der Waals surface area (Å²) in [6.07, 6.45) is 3.36. The normalized spacial score (nSPS) is 26.1. The average molecular weight is 822 g/mol. The molecule has 2 aromatic carbocycles. The van der Waals surface area contributed by atoms with Crippen LogP contribution in [0.4, 0.5) is 11.4 Å². The first kappa shape index (κ1) is 42.1. The van der Waals surface area contributed by atoms with Crippen molar-refractivity contribution in [3.8, 4) is 0 Å². The van der Waals surface area contributed by atoms with Crippen LogP contribution in [0.5, 0.6) is 0 Å². The van der Waals surface area contributed by atoms with Crippen LogP contribution >= 0.6 is 15.9 Å². The van der Waals surface area contributed by atoms with Gasteiger partial charge < -0.3 is 34.6 Å². The van der Waals surface area contributed by atoms with Gasteiger partial charge in [-0.1, -0.05) is 78.7 Å². The zero-order chi connectivity index (χ0) is 40.0. The Morgan fingerprint density at radius 1 is 1.05 bits per heavy atom. The second-order valence-corrected chi connectivity index (χ2v) is 16.1. The number of benzene rings is 2. The molecule has 3 fully saturated rings. The molecule has 1 spiro atoms. The van der Waals surface area contributed by atoms with Crippen LogP contribution in [0.15, 0.2) is 79.9 Å². The molecular weight excluding hydrogens is 764 g/mol. The highest BCUT2D eigenvalue weighted by Gasteiger charge is 2.78. The Morgan fingerprint density at radius 3 is 2.29 bits per heavy atom. The molecular formula is C43H57BrN4O7. The number of alkyl halides is 1. The van der Waals surface area contributed by atoms with Crippen LogP contribution in [0.25, 0.3) is 0 Å².